The summed E-state index contributed by atoms with van der Waals surface area (Å²) in [6.45, 7) is 1.65. The van der Waals surface area contributed by atoms with Gasteiger partial charge in [0, 0.05) is 36.7 Å². The third-order valence-electron chi connectivity index (χ3n) is 6.14. The van der Waals surface area contributed by atoms with Crippen molar-refractivity contribution in [3.63, 3.8) is 0 Å². The first kappa shape index (κ1) is 19.1. The quantitative estimate of drug-likeness (QED) is 0.754. The molecule has 28 heavy (non-hydrogen) atoms. The van der Waals surface area contributed by atoms with Crippen LogP contribution in [0.25, 0.3) is 0 Å². The average Bonchev–Trinajstić information content (AvgIpc) is 3.00. The zero-order valence-corrected chi connectivity index (χ0v) is 16.1. The van der Waals surface area contributed by atoms with Crippen LogP contribution in [0.5, 0.6) is 5.75 Å². The first-order valence-electron chi connectivity index (χ1n) is 9.83. The zero-order chi connectivity index (χ0) is 19.7. The van der Waals surface area contributed by atoms with Crippen LogP contribution in [-0.2, 0) is 13.0 Å². The molecule has 1 unspecified atom stereocenters. The predicted octanol–water partition coefficient (Wildman–Crippen LogP) is 4.58. The van der Waals surface area contributed by atoms with Gasteiger partial charge in [-0.05, 0) is 49.4 Å². The number of ketones is 1. The summed E-state index contributed by atoms with van der Waals surface area (Å²) in [5.74, 6) is 0.165. The summed E-state index contributed by atoms with van der Waals surface area (Å²) in [4.78, 5) is 14.8. The van der Waals surface area contributed by atoms with Gasteiger partial charge in [-0.3, -0.25) is 9.69 Å². The lowest BCUT2D eigenvalue weighted by atomic mass is 9.82. The van der Waals surface area contributed by atoms with E-state index in [1.54, 1.807) is 25.3 Å². The molecule has 0 spiro atoms. The number of ether oxygens (including phenoxy) is 1. The minimum Gasteiger partial charge on any atom is -0.497 e. The zero-order valence-electron chi connectivity index (χ0n) is 16.1. The lowest BCUT2D eigenvalue weighted by Crippen LogP contribution is -2.43. The molecule has 3 nitrogen and oxygen atoms in total. The number of nitrogens with zero attached hydrogens (tertiary/aromatic N) is 1. The Kier molecular flexibility index (Phi) is 5.19. The Labute approximate surface area is 164 Å². The van der Waals surface area contributed by atoms with E-state index in [2.05, 4.69) is 4.90 Å². The fourth-order valence-electron chi connectivity index (χ4n) is 4.46. The molecule has 0 aromatic heterocycles. The van der Waals surface area contributed by atoms with Gasteiger partial charge in [-0.2, -0.15) is 0 Å². The highest BCUT2D eigenvalue weighted by molar-refractivity contribution is 6.02. The van der Waals surface area contributed by atoms with E-state index in [4.69, 9.17) is 4.74 Å². The summed E-state index contributed by atoms with van der Waals surface area (Å²) in [5, 5.41) is 0. The third kappa shape index (κ3) is 3.81. The number of methoxy groups -OCH3 is 1. The summed E-state index contributed by atoms with van der Waals surface area (Å²) in [6.07, 6.45) is 1.62. The van der Waals surface area contributed by atoms with E-state index in [9.17, 15) is 9.18 Å². The maximum Gasteiger partial charge on any atom is 0.166 e. The number of Topliss-reactive ketones (excluding diaryl/α,β-unsaturated/α-hetero) is 1. The molecule has 0 bridgehead atoms. The highest BCUT2D eigenvalue weighted by Gasteiger charge is 2.41. The Bertz CT molecular complexity index is 875. The molecule has 1 heterocycles. The topological polar surface area (TPSA) is 29.5 Å². The number of carbonyl (C=O) groups excluding carboxylic acids is 1. The van der Waals surface area contributed by atoms with Gasteiger partial charge in [0.2, 0.25) is 0 Å². The van der Waals surface area contributed by atoms with Crippen molar-refractivity contribution in [2.75, 3.05) is 20.2 Å². The molecule has 2 aromatic carbocycles. The Balaban J connectivity index is 1.36. The summed E-state index contributed by atoms with van der Waals surface area (Å²) < 4.78 is 34.5. The lowest BCUT2D eigenvalue weighted by Gasteiger charge is -2.37. The van der Waals surface area contributed by atoms with Gasteiger partial charge in [0.05, 0.1) is 7.11 Å². The predicted molar refractivity (Wildman–Crippen MR) is 104 cm³/mol. The molecular formula is C23H25F2NO2. The van der Waals surface area contributed by atoms with Crippen LogP contribution in [0.2, 0.25) is 0 Å². The van der Waals surface area contributed by atoms with Crippen LogP contribution in [0.3, 0.4) is 0 Å². The molecule has 0 radical (unpaired) electrons. The molecule has 4 rings (SSSR count). The SMILES string of the molecule is COc1ccc2c(c1)C(=O)C(CC1(F)CCN(Cc3ccccc3F)CC1)C2. The van der Waals surface area contributed by atoms with Gasteiger partial charge in [0.15, 0.2) is 5.78 Å². The van der Waals surface area contributed by atoms with Crippen molar-refractivity contribution in [3.05, 3.63) is 65.0 Å². The number of fused-ring (bicyclic) bond motifs is 1. The van der Waals surface area contributed by atoms with Gasteiger partial charge in [-0.25, -0.2) is 8.78 Å². The molecule has 2 aliphatic rings. The molecule has 1 saturated heterocycles. The molecule has 1 aliphatic carbocycles. The van der Waals surface area contributed by atoms with Crippen LogP contribution >= 0.6 is 0 Å². The second-order valence-electron chi connectivity index (χ2n) is 8.01. The second kappa shape index (κ2) is 7.63. The monoisotopic (exact) mass is 385 g/mol. The number of rotatable bonds is 5. The lowest BCUT2D eigenvalue weighted by molar-refractivity contribution is 0.0333. The maximum absolute atomic E-state index is 15.5. The highest BCUT2D eigenvalue weighted by Crippen LogP contribution is 2.39. The van der Waals surface area contributed by atoms with Crippen molar-refractivity contribution in [2.45, 2.75) is 37.9 Å². The van der Waals surface area contributed by atoms with E-state index >= 15 is 4.39 Å². The first-order chi connectivity index (χ1) is 13.5. The fourth-order valence-corrected chi connectivity index (χ4v) is 4.46. The molecule has 1 fully saturated rings. The number of likely N-dealkylation sites (tertiary alicyclic amines) is 1. The van der Waals surface area contributed by atoms with Crippen LogP contribution in [0.1, 0.15) is 40.7 Å². The smallest absolute Gasteiger partial charge is 0.166 e. The van der Waals surface area contributed by atoms with Crippen molar-refractivity contribution in [2.24, 2.45) is 5.92 Å². The van der Waals surface area contributed by atoms with Crippen LogP contribution in [-0.4, -0.2) is 36.6 Å². The Hall–Kier alpha value is -2.27. The highest BCUT2D eigenvalue weighted by atomic mass is 19.1. The maximum atomic E-state index is 15.5. The van der Waals surface area contributed by atoms with Gasteiger partial charge in [-0.1, -0.05) is 24.3 Å². The van der Waals surface area contributed by atoms with Crippen LogP contribution in [0, 0.1) is 11.7 Å². The van der Waals surface area contributed by atoms with Crippen molar-refractivity contribution in [3.8, 4) is 5.75 Å². The third-order valence-corrected chi connectivity index (χ3v) is 6.14. The van der Waals surface area contributed by atoms with Crippen molar-refractivity contribution in [1.29, 1.82) is 0 Å². The van der Waals surface area contributed by atoms with Gasteiger partial charge in [0.25, 0.3) is 0 Å². The van der Waals surface area contributed by atoms with Crippen LogP contribution in [0.15, 0.2) is 42.5 Å². The number of hydrogen-bond donors (Lipinski definition) is 0. The number of alkyl halides is 1. The van der Waals surface area contributed by atoms with Crippen LogP contribution in [0.4, 0.5) is 8.78 Å². The summed E-state index contributed by atoms with van der Waals surface area (Å²) >= 11 is 0. The van der Waals surface area contributed by atoms with E-state index in [0.29, 0.717) is 55.8 Å². The normalized spacial score (nSPS) is 21.5. The average molecular weight is 385 g/mol. The van der Waals surface area contributed by atoms with E-state index in [-0.39, 0.29) is 23.9 Å². The second-order valence-corrected chi connectivity index (χ2v) is 8.01. The van der Waals surface area contributed by atoms with E-state index in [1.165, 1.54) is 6.07 Å². The molecule has 148 valence electrons. The van der Waals surface area contributed by atoms with Crippen molar-refractivity contribution < 1.29 is 18.3 Å². The molecular weight excluding hydrogens is 360 g/mol. The Morgan fingerprint density at radius 3 is 2.64 bits per heavy atom. The van der Waals surface area contributed by atoms with Crippen molar-refractivity contribution in [1.82, 2.24) is 4.90 Å². The van der Waals surface area contributed by atoms with E-state index < -0.39 is 5.67 Å². The fraction of sp³-hybridized carbons (Fsp3) is 0.435. The summed E-state index contributed by atoms with van der Waals surface area (Å²) in [7, 11) is 1.57. The molecule has 5 heteroatoms. The molecule has 0 amide bonds. The Morgan fingerprint density at radius 1 is 1.18 bits per heavy atom. The number of hydrogen-bond acceptors (Lipinski definition) is 3. The largest absolute Gasteiger partial charge is 0.497 e. The Morgan fingerprint density at radius 2 is 1.93 bits per heavy atom. The molecule has 1 atom stereocenters. The minimum absolute atomic E-state index is 0.0275. The van der Waals surface area contributed by atoms with E-state index in [1.807, 2.05) is 18.2 Å². The number of benzene rings is 2. The van der Waals surface area contributed by atoms with Crippen molar-refractivity contribution >= 4 is 5.78 Å². The summed E-state index contributed by atoms with van der Waals surface area (Å²) in [5.41, 5.74) is 0.962. The number of carbonyl (C=O) groups is 1. The molecule has 0 N–H and O–H groups in total. The first-order valence-corrected chi connectivity index (χ1v) is 9.83. The van der Waals surface area contributed by atoms with E-state index in [0.717, 1.165) is 5.56 Å². The molecule has 2 aromatic rings. The number of halogens is 2. The molecule has 0 saturated carbocycles. The van der Waals surface area contributed by atoms with Crippen LogP contribution < -0.4 is 4.74 Å². The summed E-state index contributed by atoms with van der Waals surface area (Å²) in [6, 6.07) is 12.2. The van der Waals surface area contributed by atoms with Gasteiger partial charge < -0.3 is 4.74 Å². The number of piperidine rings is 1. The van der Waals surface area contributed by atoms with Gasteiger partial charge >= 0.3 is 0 Å². The molecule has 1 aliphatic heterocycles. The van der Waals surface area contributed by atoms with Gasteiger partial charge in [-0.15, -0.1) is 0 Å². The minimum atomic E-state index is -1.34. The standard InChI is InChI=1S/C23H25F2NO2/c1-28-19-7-6-16-12-18(22(27)20(16)13-19)14-23(25)8-10-26(11-9-23)15-17-4-2-3-5-21(17)24/h2-7,13,18H,8-12,14-15H2,1H3. The van der Waals surface area contributed by atoms with Gasteiger partial charge in [0.1, 0.15) is 17.2 Å².